The van der Waals surface area contributed by atoms with Crippen LogP contribution in [0.1, 0.15) is 35.1 Å². The molecular formula is C21H23N3O4. The van der Waals surface area contributed by atoms with Gasteiger partial charge in [-0.25, -0.2) is 0 Å². The number of methoxy groups -OCH3 is 1. The SMILES string of the molecule is CCCOc1ccc(CNC(=O)c2ccc(-c3nc(C)no3)cc2)cc1OC. The summed E-state index contributed by atoms with van der Waals surface area (Å²) in [6.45, 7) is 4.82. The van der Waals surface area contributed by atoms with Crippen molar-refractivity contribution in [3.05, 3.63) is 59.4 Å². The molecule has 7 heteroatoms. The maximum Gasteiger partial charge on any atom is 0.257 e. The summed E-state index contributed by atoms with van der Waals surface area (Å²) in [6, 6.07) is 12.7. The van der Waals surface area contributed by atoms with Crippen LogP contribution in [-0.4, -0.2) is 29.8 Å². The highest BCUT2D eigenvalue weighted by molar-refractivity contribution is 5.94. The summed E-state index contributed by atoms with van der Waals surface area (Å²) in [5, 5.41) is 6.67. The summed E-state index contributed by atoms with van der Waals surface area (Å²) in [5.41, 5.74) is 2.24. The number of carbonyl (C=O) groups is 1. The highest BCUT2D eigenvalue weighted by atomic mass is 16.5. The van der Waals surface area contributed by atoms with Crippen LogP contribution in [0.25, 0.3) is 11.5 Å². The van der Waals surface area contributed by atoms with E-state index in [0.29, 0.717) is 41.9 Å². The van der Waals surface area contributed by atoms with Gasteiger partial charge in [0.2, 0.25) is 0 Å². The van der Waals surface area contributed by atoms with E-state index in [-0.39, 0.29) is 5.91 Å². The van der Waals surface area contributed by atoms with Gasteiger partial charge in [-0.15, -0.1) is 0 Å². The molecule has 1 amide bonds. The van der Waals surface area contributed by atoms with Crippen molar-refractivity contribution < 1.29 is 18.8 Å². The van der Waals surface area contributed by atoms with Gasteiger partial charge in [-0.2, -0.15) is 4.98 Å². The molecule has 0 bridgehead atoms. The van der Waals surface area contributed by atoms with Crippen molar-refractivity contribution in [1.29, 1.82) is 0 Å². The Kier molecular flexibility index (Phi) is 6.26. The van der Waals surface area contributed by atoms with Gasteiger partial charge in [-0.05, 0) is 55.3 Å². The van der Waals surface area contributed by atoms with Crippen LogP contribution in [0.4, 0.5) is 0 Å². The lowest BCUT2D eigenvalue weighted by Crippen LogP contribution is -2.22. The first kappa shape index (κ1) is 19.4. The number of hydrogen-bond acceptors (Lipinski definition) is 6. The van der Waals surface area contributed by atoms with Crippen LogP contribution in [0.3, 0.4) is 0 Å². The monoisotopic (exact) mass is 381 g/mol. The number of carbonyl (C=O) groups excluding carboxylic acids is 1. The van der Waals surface area contributed by atoms with Crippen molar-refractivity contribution >= 4 is 5.91 Å². The summed E-state index contributed by atoms with van der Waals surface area (Å²) >= 11 is 0. The molecule has 3 rings (SSSR count). The Morgan fingerprint density at radius 1 is 1.14 bits per heavy atom. The number of nitrogens with zero attached hydrogens (tertiary/aromatic N) is 2. The van der Waals surface area contributed by atoms with Crippen LogP contribution in [0, 0.1) is 6.92 Å². The summed E-state index contributed by atoms with van der Waals surface area (Å²) < 4.78 is 16.1. The largest absolute Gasteiger partial charge is 0.493 e. The minimum atomic E-state index is -0.168. The fraction of sp³-hybridized carbons (Fsp3) is 0.286. The fourth-order valence-electron chi connectivity index (χ4n) is 2.62. The molecule has 0 spiro atoms. The summed E-state index contributed by atoms with van der Waals surface area (Å²) in [4.78, 5) is 16.6. The number of aromatic nitrogens is 2. The molecule has 2 aromatic carbocycles. The lowest BCUT2D eigenvalue weighted by Gasteiger charge is -2.12. The molecule has 28 heavy (non-hydrogen) atoms. The molecule has 0 unspecified atom stereocenters. The van der Waals surface area contributed by atoms with E-state index in [1.165, 1.54) is 0 Å². The third-order valence-corrected chi connectivity index (χ3v) is 4.06. The Bertz CT molecular complexity index is 935. The molecule has 0 saturated carbocycles. The van der Waals surface area contributed by atoms with E-state index in [1.807, 2.05) is 25.1 Å². The molecule has 7 nitrogen and oxygen atoms in total. The molecular weight excluding hydrogens is 358 g/mol. The van der Waals surface area contributed by atoms with Gasteiger partial charge in [0, 0.05) is 17.7 Å². The van der Waals surface area contributed by atoms with Gasteiger partial charge in [-0.3, -0.25) is 4.79 Å². The molecule has 0 fully saturated rings. The van der Waals surface area contributed by atoms with Crippen LogP contribution in [0.15, 0.2) is 47.0 Å². The molecule has 0 saturated heterocycles. The Labute approximate surface area is 163 Å². The maximum absolute atomic E-state index is 12.4. The second-order valence-corrected chi connectivity index (χ2v) is 6.24. The highest BCUT2D eigenvalue weighted by Crippen LogP contribution is 2.28. The van der Waals surface area contributed by atoms with Gasteiger partial charge in [-0.1, -0.05) is 18.1 Å². The van der Waals surface area contributed by atoms with Crippen molar-refractivity contribution in [3.63, 3.8) is 0 Å². The molecule has 146 valence electrons. The molecule has 1 N–H and O–H groups in total. The summed E-state index contributed by atoms with van der Waals surface area (Å²) in [6.07, 6.45) is 0.922. The predicted molar refractivity (Wildman–Crippen MR) is 104 cm³/mol. The molecule has 0 atom stereocenters. The van der Waals surface area contributed by atoms with Crippen molar-refractivity contribution in [3.8, 4) is 23.0 Å². The second-order valence-electron chi connectivity index (χ2n) is 6.24. The van der Waals surface area contributed by atoms with Crippen molar-refractivity contribution in [2.24, 2.45) is 0 Å². The summed E-state index contributed by atoms with van der Waals surface area (Å²) in [7, 11) is 1.60. The molecule has 3 aromatic rings. The number of nitrogens with one attached hydrogen (secondary N) is 1. The Hall–Kier alpha value is -3.35. The molecule has 1 heterocycles. The van der Waals surface area contributed by atoms with E-state index in [9.17, 15) is 4.79 Å². The van der Waals surface area contributed by atoms with Crippen LogP contribution in [0.5, 0.6) is 11.5 Å². The molecule has 1 aromatic heterocycles. The van der Waals surface area contributed by atoms with Crippen LogP contribution < -0.4 is 14.8 Å². The van der Waals surface area contributed by atoms with E-state index in [4.69, 9.17) is 14.0 Å². The minimum absolute atomic E-state index is 0.168. The fourth-order valence-corrected chi connectivity index (χ4v) is 2.62. The van der Waals surface area contributed by atoms with E-state index in [2.05, 4.69) is 15.5 Å². The second kappa shape index (κ2) is 9.03. The minimum Gasteiger partial charge on any atom is -0.493 e. The highest BCUT2D eigenvalue weighted by Gasteiger charge is 2.10. The predicted octanol–water partition coefficient (Wildman–Crippen LogP) is 3.77. The average molecular weight is 381 g/mol. The average Bonchev–Trinajstić information content (AvgIpc) is 3.17. The third-order valence-electron chi connectivity index (χ3n) is 4.06. The lowest BCUT2D eigenvalue weighted by molar-refractivity contribution is 0.0951. The number of ether oxygens (including phenoxy) is 2. The number of amides is 1. The van der Waals surface area contributed by atoms with E-state index < -0.39 is 0 Å². The van der Waals surface area contributed by atoms with Crippen molar-refractivity contribution in [2.75, 3.05) is 13.7 Å². The summed E-state index contributed by atoms with van der Waals surface area (Å²) in [5.74, 6) is 2.18. The van der Waals surface area contributed by atoms with E-state index in [0.717, 1.165) is 17.5 Å². The molecule has 0 aliphatic rings. The zero-order valence-corrected chi connectivity index (χ0v) is 16.2. The van der Waals surface area contributed by atoms with Crippen molar-refractivity contribution in [1.82, 2.24) is 15.5 Å². The number of benzene rings is 2. The topological polar surface area (TPSA) is 86.5 Å². The van der Waals surface area contributed by atoms with Gasteiger partial charge in [0.1, 0.15) is 0 Å². The smallest absolute Gasteiger partial charge is 0.257 e. The Morgan fingerprint density at radius 2 is 1.93 bits per heavy atom. The number of hydrogen-bond donors (Lipinski definition) is 1. The molecule has 0 aliphatic heterocycles. The zero-order chi connectivity index (χ0) is 19.9. The van der Waals surface area contributed by atoms with Crippen LogP contribution >= 0.6 is 0 Å². The number of rotatable bonds is 8. The van der Waals surface area contributed by atoms with Crippen molar-refractivity contribution in [2.45, 2.75) is 26.8 Å². The Balaban J connectivity index is 1.62. The normalized spacial score (nSPS) is 10.5. The van der Waals surface area contributed by atoms with Crippen LogP contribution in [0.2, 0.25) is 0 Å². The van der Waals surface area contributed by atoms with Gasteiger partial charge >= 0.3 is 0 Å². The first-order valence-electron chi connectivity index (χ1n) is 9.09. The van der Waals surface area contributed by atoms with E-state index in [1.54, 1.807) is 38.3 Å². The number of aryl methyl sites for hydroxylation is 1. The van der Waals surface area contributed by atoms with Crippen LogP contribution in [-0.2, 0) is 6.54 Å². The molecule has 0 aliphatic carbocycles. The lowest BCUT2D eigenvalue weighted by atomic mass is 10.1. The third kappa shape index (κ3) is 4.68. The quantitative estimate of drug-likeness (QED) is 0.639. The zero-order valence-electron chi connectivity index (χ0n) is 16.2. The van der Waals surface area contributed by atoms with Gasteiger partial charge in [0.15, 0.2) is 17.3 Å². The maximum atomic E-state index is 12.4. The first-order chi connectivity index (χ1) is 13.6. The molecule has 0 radical (unpaired) electrons. The van der Waals surface area contributed by atoms with Gasteiger partial charge in [0.25, 0.3) is 11.8 Å². The van der Waals surface area contributed by atoms with E-state index >= 15 is 0 Å². The first-order valence-corrected chi connectivity index (χ1v) is 9.09. The Morgan fingerprint density at radius 3 is 2.57 bits per heavy atom. The van der Waals surface area contributed by atoms with Gasteiger partial charge < -0.3 is 19.3 Å². The standard InChI is InChI=1S/C21H23N3O4/c1-4-11-27-18-10-5-15(12-19(18)26-3)13-22-20(25)16-6-8-17(9-7-16)21-23-14(2)24-28-21/h5-10,12H,4,11,13H2,1-3H3,(H,22,25). The van der Waals surface area contributed by atoms with Gasteiger partial charge in [0.05, 0.1) is 13.7 Å².